The van der Waals surface area contributed by atoms with Crippen LogP contribution in [-0.2, 0) is 44.9 Å². The van der Waals surface area contributed by atoms with Crippen molar-refractivity contribution in [2.45, 2.75) is 23.3 Å². The topological polar surface area (TPSA) is 167 Å². The lowest BCUT2D eigenvalue weighted by Crippen LogP contribution is -2.75. The summed E-state index contributed by atoms with van der Waals surface area (Å²) in [5.74, 6) is -7.69. The third-order valence-electron chi connectivity index (χ3n) is 4.46. The molecule has 2 atom stereocenters. The average Bonchev–Trinajstić information content (AvgIpc) is 2.64. The fourth-order valence-electron chi connectivity index (χ4n) is 3.13. The highest BCUT2D eigenvalue weighted by molar-refractivity contribution is 7.92. The first kappa shape index (κ1) is 23.5. The molecule has 32 heavy (non-hydrogen) atoms. The van der Waals surface area contributed by atoms with Gasteiger partial charge in [-0.15, -0.1) is 0 Å². The summed E-state index contributed by atoms with van der Waals surface area (Å²) < 4.78 is 88.9. The van der Waals surface area contributed by atoms with Gasteiger partial charge in [-0.05, 0) is 5.56 Å². The molecule has 2 amide bonds. The normalized spacial score (nSPS) is 22.6. The van der Waals surface area contributed by atoms with E-state index in [0.29, 0.717) is 5.56 Å². The van der Waals surface area contributed by atoms with Gasteiger partial charge in [-0.25, -0.2) is 8.42 Å². The molecule has 16 heteroatoms. The predicted molar refractivity (Wildman–Crippen MR) is 94.6 cm³/mol. The minimum atomic E-state index is -6.44. The summed E-state index contributed by atoms with van der Waals surface area (Å²) in [6.45, 7) is 0. The zero-order valence-corrected chi connectivity index (χ0v) is 17.2. The first-order chi connectivity index (χ1) is 14.7. The Labute approximate surface area is 178 Å². The number of halogens is 3. The molecular formula is C16H12F3N2O9S2-. The standard InChI is InChI=1S/C16H13F3N2O9S2/c17-16(18,19)32(28,29)30-9-7-31(26,27)14-11(13(23)21(14)12(9)15(24)25)20-10(22)6-8-4-2-1-3-5-8/h1-5,11,14H,6-7H2,(H,20,22)(H,24,25)/p-1/t11-,14-/m1/s1. The number of rotatable bonds is 6. The molecule has 0 bridgehead atoms. The molecule has 1 aromatic rings. The molecule has 0 unspecified atom stereocenters. The van der Waals surface area contributed by atoms with Crippen molar-refractivity contribution in [3.05, 3.63) is 47.4 Å². The molecule has 2 aliphatic heterocycles. The van der Waals surface area contributed by atoms with Crippen LogP contribution in [0, 0.1) is 0 Å². The molecule has 11 nitrogen and oxygen atoms in total. The Morgan fingerprint density at radius 1 is 1.22 bits per heavy atom. The Kier molecular flexibility index (Phi) is 5.71. The molecule has 0 spiro atoms. The number of carbonyl (C=O) groups is 3. The molecule has 1 saturated heterocycles. The van der Waals surface area contributed by atoms with Crippen molar-refractivity contribution in [1.29, 1.82) is 0 Å². The summed E-state index contributed by atoms with van der Waals surface area (Å²) in [6.07, 6.45) is -0.251. The summed E-state index contributed by atoms with van der Waals surface area (Å²) in [6, 6.07) is 6.33. The monoisotopic (exact) mass is 497 g/mol. The van der Waals surface area contributed by atoms with E-state index in [1.54, 1.807) is 30.3 Å². The molecule has 0 saturated carbocycles. The fourth-order valence-corrected chi connectivity index (χ4v) is 5.57. The summed E-state index contributed by atoms with van der Waals surface area (Å²) in [4.78, 5) is 36.0. The molecule has 174 valence electrons. The number of nitrogens with one attached hydrogen (secondary N) is 1. The number of β-lactam (4-membered cyclic amide) rings is 1. The maximum absolute atomic E-state index is 12.6. The van der Waals surface area contributed by atoms with Gasteiger partial charge < -0.3 is 19.4 Å². The van der Waals surface area contributed by atoms with Gasteiger partial charge in [0.05, 0.1) is 12.4 Å². The van der Waals surface area contributed by atoms with E-state index < -0.39 is 71.9 Å². The summed E-state index contributed by atoms with van der Waals surface area (Å²) in [7, 11) is -11.1. The van der Waals surface area contributed by atoms with E-state index in [-0.39, 0.29) is 11.3 Å². The van der Waals surface area contributed by atoms with Gasteiger partial charge in [-0.2, -0.15) is 21.6 Å². The van der Waals surface area contributed by atoms with Crippen LogP contribution in [0.3, 0.4) is 0 Å². The lowest BCUT2D eigenvalue weighted by atomic mass is 10.0. The van der Waals surface area contributed by atoms with Crippen LogP contribution < -0.4 is 10.4 Å². The highest BCUT2D eigenvalue weighted by Gasteiger charge is 2.61. The van der Waals surface area contributed by atoms with Crippen LogP contribution in [0.1, 0.15) is 5.56 Å². The van der Waals surface area contributed by atoms with Crippen LogP contribution in [-0.4, -0.2) is 62.2 Å². The number of hydrogen-bond acceptors (Lipinski definition) is 9. The second-order valence-corrected chi connectivity index (χ2v) is 10.3. The number of carboxylic acids is 1. The third-order valence-corrected chi connectivity index (χ3v) is 7.33. The number of aliphatic carboxylic acids is 1. The smallest absolute Gasteiger partial charge is 0.534 e. The van der Waals surface area contributed by atoms with E-state index in [9.17, 15) is 49.5 Å². The second kappa shape index (κ2) is 7.77. The van der Waals surface area contributed by atoms with Crippen molar-refractivity contribution < 1.29 is 53.7 Å². The SMILES string of the molecule is O=C(Cc1ccccc1)N[C@@H]1C(=O)N2C(C(=O)[O-])=C(OS(=O)(=O)C(F)(F)F)CS(=O)(=O)[C@H]12. The van der Waals surface area contributed by atoms with Crippen molar-refractivity contribution in [3.8, 4) is 0 Å². The Morgan fingerprint density at radius 3 is 2.34 bits per heavy atom. The van der Waals surface area contributed by atoms with Crippen molar-refractivity contribution >= 4 is 37.7 Å². The van der Waals surface area contributed by atoms with Gasteiger partial charge in [0.2, 0.25) is 5.91 Å². The van der Waals surface area contributed by atoms with E-state index in [2.05, 4.69) is 9.50 Å². The van der Waals surface area contributed by atoms with Crippen LogP contribution in [0.2, 0.25) is 0 Å². The van der Waals surface area contributed by atoms with Crippen molar-refractivity contribution in [1.82, 2.24) is 10.2 Å². The molecular weight excluding hydrogens is 485 g/mol. The number of carbonyl (C=O) groups excluding carboxylic acids is 3. The molecule has 0 aliphatic carbocycles. The van der Waals surface area contributed by atoms with E-state index in [1.165, 1.54) is 0 Å². The van der Waals surface area contributed by atoms with Crippen LogP contribution in [0.4, 0.5) is 13.2 Å². The number of benzene rings is 1. The first-order valence-electron chi connectivity index (χ1n) is 8.49. The quantitative estimate of drug-likeness (QED) is 0.269. The second-order valence-electron chi connectivity index (χ2n) is 6.66. The molecule has 1 fully saturated rings. The maximum Gasteiger partial charge on any atom is 0.534 e. The number of carboxylic acid groups (broad SMARTS) is 1. The maximum atomic E-state index is 12.6. The Bertz CT molecular complexity index is 1220. The highest BCUT2D eigenvalue weighted by atomic mass is 32.2. The van der Waals surface area contributed by atoms with Crippen molar-refractivity contribution in [2.24, 2.45) is 0 Å². The van der Waals surface area contributed by atoms with Crippen molar-refractivity contribution in [3.63, 3.8) is 0 Å². The van der Waals surface area contributed by atoms with Crippen LogP contribution in [0.15, 0.2) is 41.8 Å². The molecule has 1 N–H and O–H groups in total. The van der Waals surface area contributed by atoms with Crippen LogP contribution >= 0.6 is 0 Å². The van der Waals surface area contributed by atoms with Crippen LogP contribution in [0.5, 0.6) is 0 Å². The largest absolute Gasteiger partial charge is 0.543 e. The van der Waals surface area contributed by atoms with Gasteiger partial charge in [0.25, 0.3) is 5.91 Å². The van der Waals surface area contributed by atoms with E-state index in [0.717, 1.165) is 0 Å². The number of nitrogens with zero attached hydrogens (tertiary/aromatic N) is 1. The van der Waals surface area contributed by atoms with Crippen molar-refractivity contribution in [2.75, 3.05) is 5.75 Å². The van der Waals surface area contributed by atoms with Crippen LogP contribution in [0.25, 0.3) is 0 Å². The third kappa shape index (κ3) is 4.14. The zero-order chi connectivity index (χ0) is 24.1. The predicted octanol–water partition coefficient (Wildman–Crippen LogP) is -1.86. The Balaban J connectivity index is 1.91. The van der Waals surface area contributed by atoms with Gasteiger partial charge in [-0.1, -0.05) is 30.3 Å². The van der Waals surface area contributed by atoms with E-state index in [1.807, 2.05) is 0 Å². The molecule has 3 rings (SSSR count). The van der Waals surface area contributed by atoms with Gasteiger partial charge in [-0.3, -0.25) is 14.5 Å². The lowest BCUT2D eigenvalue weighted by Gasteiger charge is -2.49. The first-order valence-corrected chi connectivity index (χ1v) is 11.6. The summed E-state index contributed by atoms with van der Waals surface area (Å²) in [5, 5.41) is 11.6. The molecule has 0 aromatic heterocycles. The molecule has 2 heterocycles. The van der Waals surface area contributed by atoms with E-state index >= 15 is 0 Å². The minimum absolute atomic E-state index is 0.0167. The number of fused-ring (bicyclic) bond motifs is 1. The fraction of sp³-hybridized carbons (Fsp3) is 0.312. The number of sulfone groups is 1. The van der Waals surface area contributed by atoms with E-state index in [4.69, 9.17) is 0 Å². The molecule has 1 aromatic carbocycles. The van der Waals surface area contributed by atoms with Gasteiger partial charge in [0, 0.05) is 0 Å². The Hall–Kier alpha value is -3.14. The molecule has 2 aliphatic rings. The summed E-state index contributed by atoms with van der Waals surface area (Å²) >= 11 is 0. The average molecular weight is 497 g/mol. The molecule has 0 radical (unpaired) electrons. The zero-order valence-electron chi connectivity index (χ0n) is 15.5. The van der Waals surface area contributed by atoms with Gasteiger partial charge in [0.1, 0.15) is 17.5 Å². The summed E-state index contributed by atoms with van der Waals surface area (Å²) in [5.41, 5.74) is -6.97. The van der Waals surface area contributed by atoms with Gasteiger partial charge >= 0.3 is 15.6 Å². The number of amides is 2. The minimum Gasteiger partial charge on any atom is -0.543 e. The Morgan fingerprint density at radius 2 is 1.81 bits per heavy atom. The highest BCUT2D eigenvalue weighted by Crippen LogP contribution is 2.38. The number of hydrogen-bond donors (Lipinski definition) is 1. The number of alkyl halides is 3. The van der Waals surface area contributed by atoms with Gasteiger partial charge in [0.15, 0.2) is 21.0 Å². The lowest BCUT2D eigenvalue weighted by molar-refractivity contribution is -0.301.